The van der Waals surface area contributed by atoms with Gasteiger partial charge in [0.25, 0.3) is 0 Å². The maximum Gasteiger partial charge on any atom is 0.221 e. The summed E-state index contributed by atoms with van der Waals surface area (Å²) in [7, 11) is 0. The summed E-state index contributed by atoms with van der Waals surface area (Å²) in [4.78, 5) is 4.44. The van der Waals surface area contributed by atoms with E-state index in [2.05, 4.69) is 11.9 Å². The van der Waals surface area contributed by atoms with Gasteiger partial charge in [-0.2, -0.15) is 0 Å². The number of halogens is 1. The smallest absolute Gasteiger partial charge is 0.221 e. The van der Waals surface area contributed by atoms with Gasteiger partial charge < -0.3 is 9.47 Å². The number of nitrogens with zero attached hydrogens (tertiary/aromatic N) is 1. The third-order valence-electron chi connectivity index (χ3n) is 3.00. The zero-order valence-corrected chi connectivity index (χ0v) is 12.5. The first-order chi connectivity index (χ1) is 9.85. The molecule has 2 rings (SSSR count). The second-order valence-corrected chi connectivity index (χ2v) is 4.86. The minimum Gasteiger partial charge on any atom is -0.475 e. The molecule has 4 heteroatoms. The Morgan fingerprint density at radius 2 is 2.00 bits per heavy atom. The monoisotopic (exact) mass is 293 g/mol. The van der Waals surface area contributed by atoms with E-state index < -0.39 is 0 Å². The van der Waals surface area contributed by atoms with E-state index in [4.69, 9.17) is 21.1 Å². The molecule has 1 aromatic heterocycles. The van der Waals surface area contributed by atoms with Crippen molar-refractivity contribution < 1.29 is 9.47 Å². The van der Waals surface area contributed by atoms with Gasteiger partial charge in [-0.3, -0.25) is 0 Å². The zero-order chi connectivity index (χ0) is 14.2. The van der Waals surface area contributed by atoms with E-state index in [-0.39, 0.29) is 0 Å². The van der Waals surface area contributed by atoms with Crippen molar-refractivity contribution in [3.63, 3.8) is 0 Å². The Labute approximate surface area is 124 Å². The normalized spacial score (nSPS) is 10.9. The summed E-state index contributed by atoms with van der Waals surface area (Å²) in [5.41, 5.74) is 0.826. The van der Waals surface area contributed by atoms with Crippen molar-refractivity contribution in [3.05, 3.63) is 36.0 Å². The van der Waals surface area contributed by atoms with Crippen LogP contribution in [0, 0.1) is 0 Å². The molecule has 0 fully saturated rings. The van der Waals surface area contributed by atoms with Gasteiger partial charge in [0.2, 0.25) is 5.88 Å². The van der Waals surface area contributed by atoms with Crippen LogP contribution in [0.3, 0.4) is 0 Å². The van der Waals surface area contributed by atoms with E-state index in [0.29, 0.717) is 25.0 Å². The highest BCUT2D eigenvalue weighted by Gasteiger charge is 2.06. The molecule has 0 aliphatic heterocycles. The number of aromatic nitrogens is 1. The van der Waals surface area contributed by atoms with Crippen LogP contribution in [0.15, 0.2) is 30.3 Å². The molecule has 0 saturated carbocycles. The topological polar surface area (TPSA) is 31.4 Å². The summed E-state index contributed by atoms with van der Waals surface area (Å²) in [6.45, 7) is 4.02. The van der Waals surface area contributed by atoms with E-state index in [1.165, 1.54) is 0 Å². The van der Waals surface area contributed by atoms with Crippen LogP contribution in [0.2, 0.25) is 0 Å². The second-order valence-electron chi connectivity index (χ2n) is 4.59. The Morgan fingerprint density at radius 3 is 2.80 bits per heavy atom. The standard InChI is InChI=1S/C16H20ClNO2/c1-2-3-8-19-9-10-20-16-15-7-5-4-6-13(15)11-14(12-17)18-16/h4-7,11H,2-3,8-10,12H2,1H3. The zero-order valence-electron chi connectivity index (χ0n) is 11.8. The minimum atomic E-state index is 0.383. The molecule has 0 amide bonds. The summed E-state index contributed by atoms with van der Waals surface area (Å²) < 4.78 is 11.2. The van der Waals surface area contributed by atoms with Crippen molar-refractivity contribution in [3.8, 4) is 5.88 Å². The Balaban J connectivity index is 2.01. The van der Waals surface area contributed by atoms with Crippen LogP contribution in [-0.2, 0) is 10.6 Å². The maximum atomic E-state index is 5.88. The molecule has 0 saturated heterocycles. The van der Waals surface area contributed by atoms with Crippen LogP contribution < -0.4 is 4.74 Å². The molecule has 0 unspecified atom stereocenters. The first-order valence-corrected chi connectivity index (χ1v) is 7.53. The lowest BCUT2D eigenvalue weighted by Crippen LogP contribution is -2.09. The van der Waals surface area contributed by atoms with Crippen LogP contribution in [-0.4, -0.2) is 24.8 Å². The van der Waals surface area contributed by atoms with Gasteiger partial charge in [-0.05, 0) is 23.9 Å². The van der Waals surface area contributed by atoms with Crippen LogP contribution in [0.5, 0.6) is 5.88 Å². The number of pyridine rings is 1. The number of hydrogen-bond acceptors (Lipinski definition) is 3. The van der Waals surface area contributed by atoms with E-state index in [1.54, 1.807) is 0 Å². The third kappa shape index (κ3) is 4.09. The van der Waals surface area contributed by atoms with Crippen molar-refractivity contribution in [1.29, 1.82) is 0 Å². The lowest BCUT2D eigenvalue weighted by Gasteiger charge is -2.10. The Bertz CT molecular complexity index is 545. The molecular formula is C16H20ClNO2. The largest absolute Gasteiger partial charge is 0.475 e. The van der Waals surface area contributed by atoms with Crippen molar-refractivity contribution in [2.75, 3.05) is 19.8 Å². The number of fused-ring (bicyclic) bond motifs is 1. The Morgan fingerprint density at radius 1 is 1.15 bits per heavy atom. The van der Waals surface area contributed by atoms with E-state index in [9.17, 15) is 0 Å². The number of alkyl halides is 1. The summed E-state index contributed by atoms with van der Waals surface area (Å²) in [6, 6.07) is 10.0. The van der Waals surface area contributed by atoms with Gasteiger partial charge in [0.05, 0.1) is 18.2 Å². The molecule has 3 nitrogen and oxygen atoms in total. The lowest BCUT2D eigenvalue weighted by molar-refractivity contribution is 0.0970. The van der Waals surface area contributed by atoms with Gasteiger partial charge in [0.15, 0.2) is 0 Å². The van der Waals surface area contributed by atoms with Crippen LogP contribution in [0.4, 0.5) is 0 Å². The van der Waals surface area contributed by atoms with E-state index >= 15 is 0 Å². The predicted octanol–water partition coefficient (Wildman–Crippen LogP) is 4.17. The molecule has 1 aromatic carbocycles. The summed E-state index contributed by atoms with van der Waals surface area (Å²) in [6.07, 6.45) is 2.23. The Kier molecular flexibility index (Phi) is 6.09. The average molecular weight is 294 g/mol. The van der Waals surface area contributed by atoms with E-state index in [1.807, 2.05) is 30.3 Å². The fraction of sp³-hybridized carbons (Fsp3) is 0.438. The fourth-order valence-electron chi connectivity index (χ4n) is 1.94. The van der Waals surface area contributed by atoms with Crippen LogP contribution in [0.25, 0.3) is 10.8 Å². The second kappa shape index (κ2) is 8.08. The molecule has 0 N–H and O–H groups in total. The van der Waals surface area contributed by atoms with Gasteiger partial charge in [0, 0.05) is 12.0 Å². The minimum absolute atomic E-state index is 0.383. The molecule has 108 valence electrons. The average Bonchev–Trinajstić information content (AvgIpc) is 2.50. The lowest BCUT2D eigenvalue weighted by atomic mass is 10.1. The molecule has 1 heterocycles. The van der Waals surface area contributed by atoms with Gasteiger partial charge in [-0.25, -0.2) is 4.98 Å². The number of rotatable bonds is 8. The first kappa shape index (κ1) is 15.1. The first-order valence-electron chi connectivity index (χ1n) is 7.00. The third-order valence-corrected chi connectivity index (χ3v) is 3.28. The predicted molar refractivity (Wildman–Crippen MR) is 82.5 cm³/mol. The van der Waals surface area contributed by atoms with Gasteiger partial charge in [-0.15, -0.1) is 11.6 Å². The number of ether oxygens (including phenoxy) is 2. The van der Waals surface area contributed by atoms with Gasteiger partial charge >= 0.3 is 0 Å². The van der Waals surface area contributed by atoms with Gasteiger partial charge in [-0.1, -0.05) is 31.5 Å². The van der Waals surface area contributed by atoms with Crippen LogP contribution in [0.1, 0.15) is 25.5 Å². The highest BCUT2D eigenvalue weighted by atomic mass is 35.5. The maximum absolute atomic E-state index is 5.88. The molecule has 0 radical (unpaired) electrons. The number of unbranched alkanes of at least 4 members (excludes halogenated alkanes) is 1. The van der Waals surface area contributed by atoms with Crippen LogP contribution >= 0.6 is 11.6 Å². The molecule has 0 bridgehead atoms. The molecule has 20 heavy (non-hydrogen) atoms. The molecular weight excluding hydrogens is 274 g/mol. The highest BCUT2D eigenvalue weighted by Crippen LogP contribution is 2.25. The quantitative estimate of drug-likeness (QED) is 0.541. The SMILES string of the molecule is CCCCOCCOc1nc(CCl)cc2ccccc12. The highest BCUT2D eigenvalue weighted by molar-refractivity contribution is 6.17. The number of benzene rings is 1. The molecule has 0 atom stereocenters. The molecule has 2 aromatic rings. The van der Waals surface area contributed by atoms with Crippen molar-refractivity contribution in [2.45, 2.75) is 25.6 Å². The summed E-state index contributed by atoms with van der Waals surface area (Å²) in [5, 5.41) is 2.11. The summed E-state index contributed by atoms with van der Waals surface area (Å²) in [5.74, 6) is 1.02. The van der Waals surface area contributed by atoms with Crippen molar-refractivity contribution in [2.24, 2.45) is 0 Å². The molecule has 0 spiro atoms. The van der Waals surface area contributed by atoms with E-state index in [0.717, 1.165) is 35.9 Å². The van der Waals surface area contributed by atoms with Crippen molar-refractivity contribution in [1.82, 2.24) is 4.98 Å². The Hall–Kier alpha value is -1.32. The van der Waals surface area contributed by atoms with Crippen molar-refractivity contribution >= 4 is 22.4 Å². The molecule has 0 aliphatic rings. The molecule has 0 aliphatic carbocycles. The summed E-state index contributed by atoms with van der Waals surface area (Å²) >= 11 is 5.88. The number of hydrogen-bond donors (Lipinski definition) is 0. The van der Waals surface area contributed by atoms with Gasteiger partial charge in [0.1, 0.15) is 6.61 Å². The fourth-order valence-corrected chi connectivity index (χ4v) is 2.08.